The monoisotopic (exact) mass is 236 g/mol. The van der Waals surface area contributed by atoms with Crippen LogP contribution in [0.2, 0.25) is 0 Å². The van der Waals surface area contributed by atoms with Gasteiger partial charge in [-0.25, -0.2) is 9.97 Å². The smallest absolute Gasteiger partial charge is 0.223 e. The Morgan fingerprint density at radius 2 is 2.00 bits per heavy atom. The first-order valence-corrected chi connectivity index (χ1v) is 5.31. The lowest BCUT2D eigenvalue weighted by Gasteiger charge is -2.05. The van der Waals surface area contributed by atoms with Gasteiger partial charge in [-0.3, -0.25) is 0 Å². The van der Waals surface area contributed by atoms with E-state index >= 15 is 0 Å². The molecule has 0 spiro atoms. The van der Waals surface area contributed by atoms with Crippen LogP contribution in [0, 0.1) is 6.92 Å². The van der Waals surface area contributed by atoms with Gasteiger partial charge in [-0.15, -0.1) is 0 Å². The summed E-state index contributed by atoms with van der Waals surface area (Å²) >= 11 is 0. The number of aromatic nitrogens is 4. The molecule has 92 valence electrons. The van der Waals surface area contributed by atoms with Gasteiger partial charge in [-0.1, -0.05) is 19.0 Å². The lowest BCUT2D eigenvalue weighted by Crippen LogP contribution is -2.02. The molecule has 0 amide bonds. The summed E-state index contributed by atoms with van der Waals surface area (Å²) in [6.45, 7) is 5.70. The summed E-state index contributed by atoms with van der Waals surface area (Å²) in [5.41, 5.74) is 6.28. The molecule has 0 bridgehead atoms. The van der Waals surface area contributed by atoms with Crippen molar-refractivity contribution in [2.75, 3.05) is 18.1 Å². The maximum absolute atomic E-state index is 5.73. The van der Waals surface area contributed by atoms with Crippen LogP contribution < -0.4 is 11.1 Å². The first kappa shape index (κ1) is 12.9. The van der Waals surface area contributed by atoms with Crippen molar-refractivity contribution in [2.45, 2.75) is 20.8 Å². The van der Waals surface area contributed by atoms with Crippen LogP contribution in [-0.4, -0.2) is 27.2 Å². The van der Waals surface area contributed by atoms with Crippen molar-refractivity contribution >= 4 is 11.6 Å². The minimum absolute atomic E-state index is 0.315. The second-order valence-electron chi connectivity index (χ2n) is 2.87. The van der Waals surface area contributed by atoms with E-state index in [1.54, 1.807) is 14.0 Å². The van der Waals surface area contributed by atoms with Crippen LogP contribution in [0.15, 0.2) is 10.9 Å². The zero-order valence-electron chi connectivity index (χ0n) is 10.4. The van der Waals surface area contributed by atoms with Crippen LogP contribution in [0.5, 0.6) is 0 Å². The number of rotatable bonds is 2. The third-order valence-electron chi connectivity index (χ3n) is 1.86. The van der Waals surface area contributed by atoms with Crippen molar-refractivity contribution in [3.63, 3.8) is 0 Å². The van der Waals surface area contributed by atoms with Crippen LogP contribution >= 0.6 is 0 Å². The zero-order valence-corrected chi connectivity index (χ0v) is 10.4. The van der Waals surface area contributed by atoms with E-state index in [0.717, 1.165) is 0 Å². The van der Waals surface area contributed by atoms with Gasteiger partial charge >= 0.3 is 0 Å². The summed E-state index contributed by atoms with van der Waals surface area (Å²) in [5, 5.41) is 6.66. The highest BCUT2D eigenvalue weighted by Gasteiger charge is 2.15. The number of aryl methyl sites for hydroxylation is 1. The molecule has 0 fully saturated rings. The van der Waals surface area contributed by atoms with E-state index in [2.05, 4.69) is 25.4 Å². The van der Waals surface area contributed by atoms with E-state index in [1.165, 1.54) is 6.33 Å². The molecule has 0 unspecified atom stereocenters. The van der Waals surface area contributed by atoms with Crippen LogP contribution in [0.25, 0.3) is 11.4 Å². The second-order valence-corrected chi connectivity index (χ2v) is 2.87. The van der Waals surface area contributed by atoms with E-state index < -0.39 is 0 Å². The molecule has 2 heterocycles. The standard InChI is InChI=1S/C8H10N6O.C2H6/c1-4-13-8(14-15-4)5-6(9)11-3-12-7(5)10-2;1-2/h3H,1-2H3,(H3,9,10,11,12);1-2H3. The van der Waals surface area contributed by atoms with Gasteiger partial charge in [0.25, 0.3) is 0 Å². The third kappa shape index (κ3) is 2.68. The Hall–Kier alpha value is -2.18. The van der Waals surface area contributed by atoms with E-state index in [0.29, 0.717) is 28.9 Å². The van der Waals surface area contributed by atoms with Crippen LogP contribution in [0.1, 0.15) is 19.7 Å². The molecular weight excluding hydrogens is 220 g/mol. The number of nitrogens with zero attached hydrogens (tertiary/aromatic N) is 4. The van der Waals surface area contributed by atoms with Gasteiger partial charge in [-0.05, 0) is 0 Å². The summed E-state index contributed by atoms with van der Waals surface area (Å²) in [5.74, 6) is 1.74. The van der Waals surface area contributed by atoms with E-state index in [-0.39, 0.29) is 0 Å². The average molecular weight is 236 g/mol. The van der Waals surface area contributed by atoms with Gasteiger partial charge in [-0.2, -0.15) is 4.98 Å². The molecule has 7 nitrogen and oxygen atoms in total. The molecule has 3 N–H and O–H groups in total. The first-order valence-electron chi connectivity index (χ1n) is 5.31. The molecule has 0 atom stereocenters. The largest absolute Gasteiger partial charge is 0.383 e. The van der Waals surface area contributed by atoms with E-state index in [9.17, 15) is 0 Å². The predicted molar refractivity (Wildman–Crippen MR) is 65.4 cm³/mol. The minimum atomic E-state index is 0.315. The van der Waals surface area contributed by atoms with Crippen LogP contribution in [-0.2, 0) is 0 Å². The number of nitrogens with one attached hydrogen (secondary N) is 1. The van der Waals surface area contributed by atoms with Crippen molar-refractivity contribution in [3.05, 3.63) is 12.2 Å². The van der Waals surface area contributed by atoms with Crippen molar-refractivity contribution < 1.29 is 4.52 Å². The number of hydrogen-bond donors (Lipinski definition) is 2. The molecule has 7 heteroatoms. The summed E-state index contributed by atoms with van der Waals surface area (Å²) in [6.07, 6.45) is 1.37. The predicted octanol–water partition coefficient (Wildman–Crippen LogP) is 1.49. The minimum Gasteiger partial charge on any atom is -0.383 e. The molecule has 2 aromatic heterocycles. The van der Waals surface area contributed by atoms with Gasteiger partial charge in [0.2, 0.25) is 11.7 Å². The van der Waals surface area contributed by atoms with E-state index in [1.807, 2.05) is 13.8 Å². The Morgan fingerprint density at radius 3 is 2.53 bits per heavy atom. The zero-order chi connectivity index (χ0) is 12.8. The highest BCUT2D eigenvalue weighted by molar-refractivity contribution is 5.78. The van der Waals surface area contributed by atoms with Crippen LogP contribution in [0.4, 0.5) is 11.6 Å². The number of anilines is 2. The van der Waals surface area contributed by atoms with Crippen LogP contribution in [0.3, 0.4) is 0 Å². The second kappa shape index (κ2) is 5.78. The summed E-state index contributed by atoms with van der Waals surface area (Å²) in [4.78, 5) is 12.0. The number of nitrogen functional groups attached to an aromatic ring is 1. The molecule has 0 aliphatic carbocycles. The highest BCUT2D eigenvalue weighted by Crippen LogP contribution is 2.27. The Morgan fingerprint density at radius 1 is 1.29 bits per heavy atom. The molecular formula is C10H16N6O. The van der Waals surface area contributed by atoms with Crippen molar-refractivity contribution in [3.8, 4) is 11.4 Å². The van der Waals surface area contributed by atoms with Gasteiger partial charge < -0.3 is 15.6 Å². The molecule has 0 radical (unpaired) electrons. The third-order valence-corrected chi connectivity index (χ3v) is 1.86. The van der Waals surface area contributed by atoms with Gasteiger partial charge in [0.05, 0.1) is 0 Å². The normalized spacial score (nSPS) is 9.41. The quantitative estimate of drug-likeness (QED) is 0.814. The fourth-order valence-corrected chi connectivity index (χ4v) is 1.21. The van der Waals surface area contributed by atoms with Gasteiger partial charge in [0, 0.05) is 14.0 Å². The molecule has 17 heavy (non-hydrogen) atoms. The molecule has 0 aliphatic heterocycles. The Bertz CT molecular complexity index is 481. The maximum atomic E-state index is 5.73. The lowest BCUT2D eigenvalue weighted by atomic mass is 10.2. The molecule has 2 rings (SSSR count). The Kier molecular flexibility index (Phi) is 4.38. The number of hydrogen-bond acceptors (Lipinski definition) is 7. The molecule has 0 saturated heterocycles. The Labute approximate surface area is 99.5 Å². The molecule has 0 aliphatic rings. The van der Waals surface area contributed by atoms with Gasteiger partial charge in [0.15, 0.2) is 0 Å². The van der Waals surface area contributed by atoms with Crippen molar-refractivity contribution in [1.29, 1.82) is 0 Å². The lowest BCUT2D eigenvalue weighted by molar-refractivity contribution is 0.394. The van der Waals surface area contributed by atoms with Crippen molar-refractivity contribution in [2.24, 2.45) is 0 Å². The summed E-state index contributed by atoms with van der Waals surface area (Å²) < 4.78 is 4.87. The highest BCUT2D eigenvalue weighted by atomic mass is 16.5. The Balaban J connectivity index is 0.000000686. The maximum Gasteiger partial charge on any atom is 0.223 e. The van der Waals surface area contributed by atoms with Gasteiger partial charge in [0.1, 0.15) is 23.5 Å². The fraction of sp³-hybridized carbons (Fsp3) is 0.400. The number of nitrogens with two attached hydrogens (primary N) is 1. The fourth-order valence-electron chi connectivity index (χ4n) is 1.21. The first-order chi connectivity index (χ1) is 8.22. The summed E-state index contributed by atoms with van der Waals surface area (Å²) in [7, 11) is 1.73. The SMILES string of the molecule is CC.CNc1ncnc(N)c1-c1noc(C)n1. The molecule has 0 saturated carbocycles. The van der Waals surface area contributed by atoms with E-state index in [4.69, 9.17) is 10.3 Å². The molecule has 0 aromatic carbocycles. The van der Waals surface area contributed by atoms with Crippen molar-refractivity contribution in [1.82, 2.24) is 20.1 Å². The molecule has 2 aromatic rings. The topological polar surface area (TPSA) is 103 Å². The average Bonchev–Trinajstić information content (AvgIpc) is 2.77. The summed E-state index contributed by atoms with van der Waals surface area (Å²) in [6, 6.07) is 0.